The highest BCUT2D eigenvalue weighted by atomic mass is 19.4. The Morgan fingerprint density at radius 3 is 2.29 bits per heavy atom. The fourth-order valence-corrected chi connectivity index (χ4v) is 5.04. The van der Waals surface area contributed by atoms with E-state index in [0.29, 0.717) is 12.3 Å². The maximum absolute atomic E-state index is 14.5. The molecule has 6 nitrogen and oxygen atoms in total. The lowest BCUT2D eigenvalue weighted by atomic mass is 10.0. The zero-order valence-corrected chi connectivity index (χ0v) is 19.9. The van der Waals surface area contributed by atoms with Gasteiger partial charge >= 0.3 is 12.2 Å². The van der Waals surface area contributed by atoms with Crippen molar-refractivity contribution in [3.8, 4) is 0 Å². The lowest BCUT2D eigenvalue weighted by molar-refractivity contribution is -0.138. The molecule has 10 heteroatoms. The highest BCUT2D eigenvalue weighted by molar-refractivity contribution is 5.75. The summed E-state index contributed by atoms with van der Waals surface area (Å²) in [5.41, 5.74) is 0.155. The Balaban J connectivity index is 1.31. The predicted molar refractivity (Wildman–Crippen MR) is 125 cm³/mol. The Morgan fingerprint density at radius 1 is 1.09 bits per heavy atom. The Labute approximate surface area is 202 Å². The molecule has 35 heavy (non-hydrogen) atoms. The van der Waals surface area contributed by atoms with Crippen LogP contribution in [0.3, 0.4) is 0 Å². The van der Waals surface area contributed by atoms with Crippen LogP contribution in [0.25, 0.3) is 0 Å². The van der Waals surface area contributed by atoms with E-state index in [4.69, 9.17) is 0 Å². The summed E-state index contributed by atoms with van der Waals surface area (Å²) < 4.78 is 53.0. The van der Waals surface area contributed by atoms with Crippen molar-refractivity contribution in [2.45, 2.75) is 57.5 Å². The molecule has 2 aliphatic rings. The van der Waals surface area contributed by atoms with Gasteiger partial charge in [-0.2, -0.15) is 13.2 Å². The topological polar surface area (TPSA) is 51.7 Å². The number of pyridine rings is 1. The zero-order valence-electron chi connectivity index (χ0n) is 19.9. The van der Waals surface area contributed by atoms with Crippen LogP contribution < -0.4 is 10.2 Å². The Kier molecular flexibility index (Phi) is 7.49. The Hall–Kier alpha value is -2.88. The van der Waals surface area contributed by atoms with Crippen LogP contribution in [0.15, 0.2) is 42.6 Å². The number of carbonyl (C=O) groups is 1. The number of nitrogens with zero attached hydrogens (tertiary/aromatic N) is 4. The van der Waals surface area contributed by atoms with Crippen molar-refractivity contribution in [3.63, 3.8) is 0 Å². The van der Waals surface area contributed by atoms with Gasteiger partial charge < -0.3 is 15.1 Å². The molecule has 0 unspecified atom stereocenters. The standard InChI is InChI=1S/C25H31F4N5O/c1-17-14-33(23-22(26)12-20(13-30-23)25(27,28)29)15-18(2)34(17)24(35)31-21-8-10-32(11-9-21)16-19-6-4-3-5-7-19/h3-7,12-13,17-18,21H,8-11,14-16H2,1-2H3,(H,31,35)/t17-,18+. The second-order valence-corrected chi connectivity index (χ2v) is 9.52. The van der Waals surface area contributed by atoms with Crippen molar-refractivity contribution in [1.29, 1.82) is 0 Å². The van der Waals surface area contributed by atoms with Gasteiger partial charge in [0.25, 0.3) is 0 Å². The third-order valence-electron chi connectivity index (χ3n) is 6.77. The average Bonchev–Trinajstić information content (AvgIpc) is 2.80. The summed E-state index contributed by atoms with van der Waals surface area (Å²) in [6.07, 6.45) is -2.28. The van der Waals surface area contributed by atoms with Crippen LogP contribution in [-0.4, -0.2) is 65.1 Å². The number of piperidine rings is 1. The second kappa shape index (κ2) is 10.4. The average molecular weight is 494 g/mol. The molecule has 2 atom stereocenters. The van der Waals surface area contributed by atoms with Crippen molar-refractivity contribution in [1.82, 2.24) is 20.1 Å². The molecule has 1 aromatic carbocycles. The summed E-state index contributed by atoms with van der Waals surface area (Å²) in [4.78, 5) is 22.6. The van der Waals surface area contributed by atoms with Crippen LogP contribution in [0.5, 0.6) is 0 Å². The lowest BCUT2D eigenvalue weighted by Crippen LogP contribution is -2.62. The van der Waals surface area contributed by atoms with Crippen LogP contribution in [0.2, 0.25) is 0 Å². The fraction of sp³-hybridized carbons (Fsp3) is 0.520. The first kappa shape index (κ1) is 25.2. The number of aromatic nitrogens is 1. The Bertz CT molecular complexity index is 999. The summed E-state index contributed by atoms with van der Waals surface area (Å²) in [6, 6.07) is 10.2. The third kappa shape index (κ3) is 6.04. The number of urea groups is 1. The van der Waals surface area contributed by atoms with Gasteiger partial charge in [-0.25, -0.2) is 14.2 Å². The van der Waals surface area contributed by atoms with Crippen molar-refractivity contribution in [2.75, 3.05) is 31.1 Å². The summed E-state index contributed by atoms with van der Waals surface area (Å²) in [5.74, 6) is -1.14. The first-order valence-corrected chi connectivity index (χ1v) is 11.9. The van der Waals surface area contributed by atoms with Crippen molar-refractivity contribution in [3.05, 3.63) is 59.5 Å². The van der Waals surface area contributed by atoms with Gasteiger partial charge in [0.2, 0.25) is 0 Å². The van der Waals surface area contributed by atoms with Gasteiger partial charge in [0.15, 0.2) is 11.6 Å². The minimum atomic E-state index is -4.65. The number of piperazine rings is 1. The van der Waals surface area contributed by atoms with E-state index in [9.17, 15) is 22.4 Å². The van der Waals surface area contributed by atoms with E-state index in [0.717, 1.165) is 32.5 Å². The van der Waals surface area contributed by atoms with Crippen molar-refractivity contribution >= 4 is 11.8 Å². The van der Waals surface area contributed by atoms with E-state index in [1.165, 1.54) is 5.56 Å². The van der Waals surface area contributed by atoms with Gasteiger partial charge in [0.05, 0.1) is 5.56 Å². The molecule has 1 N–H and O–H groups in total. The van der Waals surface area contributed by atoms with Gasteiger partial charge in [-0.3, -0.25) is 4.90 Å². The predicted octanol–water partition coefficient (Wildman–Crippen LogP) is 4.51. The number of carbonyl (C=O) groups excluding carboxylic acids is 1. The van der Waals surface area contributed by atoms with Crippen LogP contribution in [0.1, 0.15) is 37.8 Å². The smallest absolute Gasteiger partial charge is 0.350 e. The minimum absolute atomic E-state index is 0.0842. The molecule has 190 valence electrons. The first-order chi connectivity index (χ1) is 16.6. The maximum atomic E-state index is 14.5. The molecule has 0 saturated carbocycles. The Morgan fingerprint density at radius 2 is 1.71 bits per heavy atom. The molecule has 0 radical (unpaired) electrons. The van der Waals surface area contributed by atoms with Gasteiger partial charge in [-0.15, -0.1) is 0 Å². The number of benzene rings is 1. The molecule has 2 amide bonds. The number of rotatable bonds is 4. The molecular formula is C25H31F4N5O. The third-order valence-corrected chi connectivity index (χ3v) is 6.77. The SMILES string of the molecule is C[C@@H]1CN(c2ncc(C(F)(F)F)cc2F)C[C@H](C)N1C(=O)NC1CCN(Cc2ccccc2)CC1. The van der Waals surface area contributed by atoms with Crippen molar-refractivity contribution < 1.29 is 22.4 Å². The molecule has 1 aromatic heterocycles. The van der Waals surface area contributed by atoms with E-state index < -0.39 is 17.6 Å². The number of hydrogen-bond acceptors (Lipinski definition) is 4. The van der Waals surface area contributed by atoms with Crippen LogP contribution in [-0.2, 0) is 12.7 Å². The number of hydrogen-bond donors (Lipinski definition) is 1. The van der Waals surface area contributed by atoms with E-state index in [1.54, 1.807) is 9.80 Å². The van der Waals surface area contributed by atoms with Crippen LogP contribution in [0, 0.1) is 5.82 Å². The van der Waals surface area contributed by atoms with Crippen LogP contribution >= 0.6 is 0 Å². The summed E-state index contributed by atoms with van der Waals surface area (Å²) in [6.45, 7) is 6.96. The molecule has 0 aliphatic carbocycles. The van der Waals surface area contributed by atoms with E-state index in [1.807, 2.05) is 32.0 Å². The maximum Gasteiger partial charge on any atom is 0.417 e. The quantitative estimate of drug-likeness (QED) is 0.637. The number of nitrogens with one attached hydrogen (secondary N) is 1. The summed E-state index contributed by atoms with van der Waals surface area (Å²) in [7, 11) is 0. The molecule has 0 spiro atoms. The monoisotopic (exact) mass is 493 g/mol. The van der Waals surface area contributed by atoms with E-state index >= 15 is 0 Å². The van der Waals surface area contributed by atoms with Gasteiger partial charge in [-0.1, -0.05) is 30.3 Å². The number of amides is 2. The lowest BCUT2D eigenvalue weighted by Gasteiger charge is -2.45. The molecule has 2 fully saturated rings. The van der Waals surface area contributed by atoms with Crippen molar-refractivity contribution in [2.24, 2.45) is 0 Å². The van der Waals surface area contributed by atoms with E-state index in [2.05, 4.69) is 27.3 Å². The second-order valence-electron chi connectivity index (χ2n) is 9.52. The first-order valence-electron chi connectivity index (χ1n) is 11.9. The van der Waals surface area contributed by atoms with Gasteiger partial charge in [0.1, 0.15) is 0 Å². The summed E-state index contributed by atoms with van der Waals surface area (Å²) in [5, 5.41) is 3.15. The largest absolute Gasteiger partial charge is 0.417 e. The molecular weight excluding hydrogens is 462 g/mol. The normalized spacial score (nSPS) is 22.3. The fourth-order valence-electron chi connectivity index (χ4n) is 5.04. The van der Waals surface area contributed by atoms with Crippen LogP contribution in [0.4, 0.5) is 28.2 Å². The molecule has 2 saturated heterocycles. The minimum Gasteiger partial charge on any atom is -0.350 e. The summed E-state index contributed by atoms with van der Waals surface area (Å²) >= 11 is 0. The molecule has 2 aromatic rings. The highest BCUT2D eigenvalue weighted by Gasteiger charge is 2.37. The molecule has 0 bridgehead atoms. The number of alkyl halides is 3. The van der Waals surface area contributed by atoms with Gasteiger partial charge in [0, 0.05) is 57.0 Å². The number of halogens is 4. The number of anilines is 1. The van der Waals surface area contributed by atoms with E-state index in [-0.39, 0.29) is 43.1 Å². The molecule has 2 aliphatic heterocycles. The van der Waals surface area contributed by atoms with Gasteiger partial charge in [-0.05, 0) is 38.3 Å². The number of likely N-dealkylation sites (tertiary alicyclic amines) is 1. The molecule has 4 rings (SSSR count). The highest BCUT2D eigenvalue weighted by Crippen LogP contribution is 2.32. The zero-order chi connectivity index (χ0) is 25.2. The molecule has 3 heterocycles.